The van der Waals surface area contributed by atoms with Gasteiger partial charge in [-0.3, -0.25) is 0 Å². The first kappa shape index (κ1) is 22.7. The van der Waals surface area contributed by atoms with Crippen molar-refractivity contribution in [1.82, 2.24) is 25.1 Å². The Kier molecular flexibility index (Phi) is 6.50. The molecular formula is C26H24N6O3. The Morgan fingerprint density at radius 1 is 1.20 bits per heavy atom. The molecule has 1 unspecified atom stereocenters. The van der Waals surface area contributed by atoms with E-state index in [1.54, 1.807) is 48.3 Å². The zero-order valence-corrected chi connectivity index (χ0v) is 19.1. The number of hydrogen-bond acceptors (Lipinski definition) is 8. The summed E-state index contributed by atoms with van der Waals surface area (Å²) in [7, 11) is 0. The molecule has 35 heavy (non-hydrogen) atoms. The van der Waals surface area contributed by atoms with Gasteiger partial charge in [0.1, 0.15) is 11.5 Å². The summed E-state index contributed by atoms with van der Waals surface area (Å²) in [6.45, 7) is 3.52. The van der Waals surface area contributed by atoms with E-state index in [1.807, 2.05) is 30.3 Å². The molecule has 1 saturated heterocycles. The van der Waals surface area contributed by atoms with Gasteiger partial charge in [-0.05, 0) is 19.1 Å². The number of aryl methyl sites for hydroxylation is 1. The highest BCUT2D eigenvalue weighted by Crippen LogP contribution is 2.31. The van der Waals surface area contributed by atoms with Crippen molar-refractivity contribution in [3.8, 4) is 34.6 Å². The van der Waals surface area contributed by atoms with Crippen LogP contribution in [0.25, 0.3) is 16.9 Å². The molecule has 4 aromatic rings. The number of nitrogens with one attached hydrogen (secondary N) is 1. The Balaban J connectivity index is 1.42. The summed E-state index contributed by atoms with van der Waals surface area (Å²) in [6.07, 6.45) is 2.65. The second kappa shape index (κ2) is 10.0. The second-order valence-corrected chi connectivity index (χ2v) is 8.28. The highest BCUT2D eigenvalue weighted by Gasteiger charge is 2.20. The lowest BCUT2D eigenvalue weighted by Gasteiger charge is -2.27. The van der Waals surface area contributed by atoms with Gasteiger partial charge in [0.25, 0.3) is 0 Å². The van der Waals surface area contributed by atoms with Crippen LogP contribution in [0.5, 0.6) is 11.6 Å². The van der Waals surface area contributed by atoms with Gasteiger partial charge in [-0.1, -0.05) is 30.3 Å². The summed E-state index contributed by atoms with van der Waals surface area (Å²) in [5.41, 5.74) is 3.40. The Labute approximate surface area is 202 Å². The van der Waals surface area contributed by atoms with E-state index in [4.69, 9.17) is 9.47 Å². The molecule has 0 aliphatic carbocycles. The molecule has 9 heteroatoms. The van der Waals surface area contributed by atoms with Crippen LogP contribution in [-0.2, 0) is 4.74 Å². The predicted molar refractivity (Wildman–Crippen MR) is 128 cm³/mol. The van der Waals surface area contributed by atoms with Crippen LogP contribution in [0.4, 0.5) is 0 Å². The van der Waals surface area contributed by atoms with E-state index in [0.717, 1.165) is 11.3 Å². The number of nitriles is 1. The third-order valence-electron chi connectivity index (χ3n) is 5.66. The maximum atomic E-state index is 10.6. The minimum Gasteiger partial charge on any atom is -0.437 e. The molecule has 1 aliphatic heterocycles. The van der Waals surface area contributed by atoms with Crippen LogP contribution in [-0.4, -0.2) is 50.7 Å². The van der Waals surface area contributed by atoms with Crippen LogP contribution in [0.3, 0.4) is 0 Å². The highest BCUT2D eigenvalue weighted by molar-refractivity contribution is 5.60. The fourth-order valence-corrected chi connectivity index (χ4v) is 3.71. The third-order valence-corrected chi connectivity index (χ3v) is 5.66. The highest BCUT2D eigenvalue weighted by atomic mass is 16.5. The normalized spacial score (nSPS) is 14.2. The number of nitrogens with zero attached hydrogens (tertiary/aromatic N) is 5. The summed E-state index contributed by atoms with van der Waals surface area (Å²) in [4.78, 5) is 8.95. The monoisotopic (exact) mass is 468 g/mol. The van der Waals surface area contributed by atoms with Gasteiger partial charge in [-0.2, -0.15) is 15.3 Å². The number of benzene rings is 2. The summed E-state index contributed by atoms with van der Waals surface area (Å²) < 4.78 is 12.9. The summed E-state index contributed by atoms with van der Waals surface area (Å²) in [5, 5.41) is 27.7. The molecule has 2 N–H and O–H groups in total. The molecule has 0 saturated carbocycles. The van der Waals surface area contributed by atoms with Crippen molar-refractivity contribution in [3.05, 3.63) is 83.9 Å². The van der Waals surface area contributed by atoms with Gasteiger partial charge in [0, 0.05) is 36.0 Å². The Morgan fingerprint density at radius 3 is 2.77 bits per heavy atom. The smallest absolute Gasteiger partial charge is 0.223 e. The average molecular weight is 469 g/mol. The molecule has 2 aromatic heterocycles. The zero-order chi connectivity index (χ0) is 24.2. The summed E-state index contributed by atoms with van der Waals surface area (Å²) in [6, 6.07) is 19.0. The van der Waals surface area contributed by atoms with E-state index in [9.17, 15) is 10.4 Å². The van der Waals surface area contributed by atoms with Crippen molar-refractivity contribution in [2.75, 3.05) is 19.8 Å². The fraction of sp³-hybridized carbons (Fsp3) is 0.231. The number of hydrogen-bond donors (Lipinski definition) is 2. The Morgan fingerprint density at radius 2 is 2.03 bits per heavy atom. The second-order valence-electron chi connectivity index (χ2n) is 8.28. The lowest BCUT2D eigenvalue weighted by Crippen LogP contribution is -2.47. The Bertz CT molecular complexity index is 1360. The molecule has 5 rings (SSSR count). The standard InChI is InChI=1S/C26H24N6O3/c1-17-30-22(19-5-3-2-4-6-19)10-26(31-17)35-25-9-18(11-27)7-8-23(25)32-14-20(12-29-32)24(33)13-28-21-15-34-16-21/h2-10,12,14,21,24,28,33H,13,15-16H2,1H3. The predicted octanol–water partition coefficient (Wildman–Crippen LogP) is 3.32. The topological polar surface area (TPSA) is 118 Å². The number of aliphatic hydroxyl groups excluding tert-OH is 1. The van der Waals surface area contributed by atoms with E-state index in [-0.39, 0.29) is 6.04 Å². The first-order valence-electron chi connectivity index (χ1n) is 11.3. The van der Waals surface area contributed by atoms with Gasteiger partial charge in [0.05, 0.1) is 48.9 Å². The van der Waals surface area contributed by atoms with Gasteiger partial charge in [0.2, 0.25) is 5.88 Å². The van der Waals surface area contributed by atoms with Gasteiger partial charge in [0.15, 0.2) is 5.75 Å². The van der Waals surface area contributed by atoms with Gasteiger partial charge in [-0.15, -0.1) is 0 Å². The van der Waals surface area contributed by atoms with Crippen LogP contribution in [0.2, 0.25) is 0 Å². The maximum absolute atomic E-state index is 10.6. The van der Waals surface area contributed by atoms with E-state index >= 15 is 0 Å². The van der Waals surface area contributed by atoms with E-state index in [1.165, 1.54) is 0 Å². The van der Waals surface area contributed by atoms with Crippen LogP contribution < -0.4 is 10.1 Å². The minimum atomic E-state index is -0.718. The van der Waals surface area contributed by atoms with E-state index in [0.29, 0.717) is 54.0 Å². The fourth-order valence-electron chi connectivity index (χ4n) is 3.71. The maximum Gasteiger partial charge on any atom is 0.223 e. The largest absolute Gasteiger partial charge is 0.437 e. The number of aromatic nitrogens is 4. The first-order chi connectivity index (χ1) is 17.1. The molecule has 2 aromatic carbocycles. The number of rotatable bonds is 8. The third kappa shape index (κ3) is 5.20. The van der Waals surface area contributed by atoms with Crippen LogP contribution in [0, 0.1) is 18.3 Å². The average Bonchev–Trinajstić information content (AvgIpc) is 3.33. The summed E-state index contributed by atoms with van der Waals surface area (Å²) in [5.74, 6) is 1.33. The van der Waals surface area contributed by atoms with Crippen LogP contribution >= 0.6 is 0 Å². The first-order valence-corrected chi connectivity index (χ1v) is 11.3. The molecule has 0 amide bonds. The van der Waals surface area contributed by atoms with Gasteiger partial charge >= 0.3 is 0 Å². The lowest BCUT2D eigenvalue weighted by molar-refractivity contribution is -0.00981. The van der Waals surface area contributed by atoms with Crippen molar-refractivity contribution in [1.29, 1.82) is 5.26 Å². The van der Waals surface area contributed by atoms with Crippen LogP contribution in [0.1, 0.15) is 23.1 Å². The molecular weight excluding hydrogens is 444 g/mol. The molecule has 3 heterocycles. The quantitative estimate of drug-likeness (QED) is 0.404. The van der Waals surface area contributed by atoms with E-state index in [2.05, 4.69) is 26.5 Å². The van der Waals surface area contributed by atoms with Crippen molar-refractivity contribution in [2.24, 2.45) is 0 Å². The van der Waals surface area contributed by atoms with E-state index < -0.39 is 6.10 Å². The lowest BCUT2D eigenvalue weighted by atomic mass is 10.1. The van der Waals surface area contributed by atoms with Crippen molar-refractivity contribution in [2.45, 2.75) is 19.1 Å². The van der Waals surface area contributed by atoms with Gasteiger partial charge in [-0.25, -0.2) is 9.67 Å². The molecule has 0 spiro atoms. The molecule has 1 fully saturated rings. The molecule has 1 aliphatic rings. The summed E-state index contributed by atoms with van der Waals surface area (Å²) >= 11 is 0. The Hall–Kier alpha value is -4.10. The molecule has 1 atom stereocenters. The van der Waals surface area contributed by atoms with Crippen molar-refractivity contribution in [3.63, 3.8) is 0 Å². The molecule has 9 nitrogen and oxygen atoms in total. The SMILES string of the molecule is Cc1nc(Oc2cc(C#N)ccc2-n2cc(C(O)CNC3COC3)cn2)cc(-c2ccccc2)n1. The molecule has 0 bridgehead atoms. The number of ether oxygens (including phenoxy) is 2. The van der Waals surface area contributed by atoms with Crippen LogP contribution in [0.15, 0.2) is 67.0 Å². The van der Waals surface area contributed by atoms with Crippen molar-refractivity contribution < 1.29 is 14.6 Å². The molecule has 176 valence electrons. The number of aliphatic hydroxyl groups is 1. The minimum absolute atomic E-state index is 0.273. The molecule has 0 radical (unpaired) electrons. The van der Waals surface area contributed by atoms with Crippen molar-refractivity contribution >= 4 is 0 Å². The zero-order valence-electron chi connectivity index (χ0n) is 19.1. The van der Waals surface area contributed by atoms with Gasteiger partial charge < -0.3 is 19.9 Å².